The first kappa shape index (κ1) is 15.3. The summed E-state index contributed by atoms with van der Waals surface area (Å²) in [6.45, 7) is 5.89. The molecule has 0 fully saturated rings. The fourth-order valence-corrected chi connectivity index (χ4v) is 2.08. The molecular formula is C11H21NO3S. The van der Waals surface area contributed by atoms with Crippen LogP contribution in [0.25, 0.3) is 0 Å². The van der Waals surface area contributed by atoms with Crippen LogP contribution in [0.4, 0.5) is 0 Å². The third kappa shape index (κ3) is 6.71. The fraction of sp³-hybridized carbons (Fsp3) is 0.818. The third-order valence-corrected chi connectivity index (χ3v) is 3.54. The number of carbonyl (C=O) groups is 2. The first-order chi connectivity index (χ1) is 7.51. The molecule has 0 aliphatic heterocycles. The zero-order chi connectivity index (χ0) is 12.6. The predicted molar refractivity (Wildman–Crippen MR) is 66.7 cm³/mol. The summed E-state index contributed by atoms with van der Waals surface area (Å²) in [5.74, 6) is -0.337. The van der Waals surface area contributed by atoms with Gasteiger partial charge in [-0.2, -0.15) is 0 Å². The quantitative estimate of drug-likeness (QED) is 0.687. The number of carbonyl (C=O) groups excluding carboxylic acids is 1. The van der Waals surface area contributed by atoms with Crippen molar-refractivity contribution in [2.24, 2.45) is 0 Å². The number of nitrogens with one attached hydrogen (secondary N) is 1. The molecule has 0 aromatic heterocycles. The van der Waals surface area contributed by atoms with E-state index in [1.54, 1.807) is 0 Å². The van der Waals surface area contributed by atoms with E-state index in [0.29, 0.717) is 5.75 Å². The molecule has 0 radical (unpaired) electrons. The van der Waals surface area contributed by atoms with Gasteiger partial charge in [0, 0.05) is 11.8 Å². The Morgan fingerprint density at radius 1 is 1.31 bits per heavy atom. The number of hydrogen-bond acceptors (Lipinski definition) is 3. The Morgan fingerprint density at radius 2 is 1.88 bits per heavy atom. The maximum atomic E-state index is 11.7. The van der Waals surface area contributed by atoms with Crippen molar-refractivity contribution in [3.05, 3.63) is 0 Å². The standard InChI is InChI=1S/C11H21NO3S/c1-4-9(5-2)12-11(15)8(3)16-7-6-10(13)14/h8-9H,4-7H2,1-3H3,(H,12,15)(H,13,14). The molecule has 5 heteroatoms. The maximum absolute atomic E-state index is 11.7. The highest BCUT2D eigenvalue weighted by molar-refractivity contribution is 8.00. The Bertz CT molecular complexity index is 229. The molecule has 1 amide bonds. The average Bonchev–Trinajstić information content (AvgIpc) is 2.24. The highest BCUT2D eigenvalue weighted by Gasteiger charge is 2.16. The summed E-state index contributed by atoms with van der Waals surface area (Å²) in [6, 6.07) is 0.232. The van der Waals surface area contributed by atoms with Crippen molar-refractivity contribution in [3.63, 3.8) is 0 Å². The van der Waals surface area contributed by atoms with E-state index in [2.05, 4.69) is 5.32 Å². The van der Waals surface area contributed by atoms with E-state index < -0.39 is 5.97 Å². The molecule has 0 spiro atoms. The minimum atomic E-state index is -0.819. The van der Waals surface area contributed by atoms with Crippen molar-refractivity contribution in [3.8, 4) is 0 Å². The second-order valence-electron chi connectivity index (χ2n) is 3.68. The molecule has 0 heterocycles. The lowest BCUT2D eigenvalue weighted by molar-refractivity contribution is -0.136. The monoisotopic (exact) mass is 247 g/mol. The predicted octanol–water partition coefficient (Wildman–Crippen LogP) is 1.89. The third-order valence-electron chi connectivity index (χ3n) is 2.38. The van der Waals surface area contributed by atoms with Crippen LogP contribution < -0.4 is 5.32 Å². The second kappa shape index (κ2) is 8.44. The normalized spacial score (nSPS) is 12.5. The van der Waals surface area contributed by atoms with Crippen LogP contribution in [0.3, 0.4) is 0 Å². The summed E-state index contributed by atoms with van der Waals surface area (Å²) in [6.07, 6.45) is 1.96. The second-order valence-corrected chi connectivity index (χ2v) is 5.13. The van der Waals surface area contributed by atoms with Crippen LogP contribution in [0, 0.1) is 0 Å². The van der Waals surface area contributed by atoms with Crippen molar-refractivity contribution in [1.82, 2.24) is 5.32 Å². The topological polar surface area (TPSA) is 66.4 Å². The minimum absolute atomic E-state index is 0.00379. The van der Waals surface area contributed by atoms with E-state index in [9.17, 15) is 9.59 Å². The molecule has 0 rings (SSSR count). The molecule has 1 unspecified atom stereocenters. The molecule has 0 saturated heterocycles. The number of amides is 1. The molecule has 0 aliphatic carbocycles. The van der Waals surface area contributed by atoms with Crippen LogP contribution in [0.15, 0.2) is 0 Å². The molecular weight excluding hydrogens is 226 g/mol. The largest absolute Gasteiger partial charge is 0.481 e. The Labute approximate surface area is 101 Å². The fourth-order valence-electron chi connectivity index (χ4n) is 1.21. The van der Waals surface area contributed by atoms with Crippen molar-refractivity contribution in [2.45, 2.75) is 51.3 Å². The number of rotatable bonds is 8. The molecule has 0 saturated carbocycles. The van der Waals surface area contributed by atoms with Gasteiger partial charge in [0.25, 0.3) is 0 Å². The van der Waals surface area contributed by atoms with Crippen molar-refractivity contribution in [2.75, 3.05) is 5.75 Å². The molecule has 0 bridgehead atoms. The van der Waals surface area contributed by atoms with Gasteiger partial charge in [0.2, 0.25) is 5.91 Å². The van der Waals surface area contributed by atoms with Crippen molar-refractivity contribution in [1.29, 1.82) is 0 Å². The maximum Gasteiger partial charge on any atom is 0.304 e. The highest BCUT2D eigenvalue weighted by atomic mass is 32.2. The lowest BCUT2D eigenvalue weighted by Crippen LogP contribution is -2.38. The molecule has 4 nitrogen and oxygen atoms in total. The van der Waals surface area contributed by atoms with Crippen LogP contribution in [-0.4, -0.2) is 34.0 Å². The van der Waals surface area contributed by atoms with Gasteiger partial charge in [-0.25, -0.2) is 0 Å². The number of carboxylic acid groups (broad SMARTS) is 1. The first-order valence-electron chi connectivity index (χ1n) is 5.65. The SMILES string of the molecule is CCC(CC)NC(=O)C(C)SCCC(=O)O. The molecule has 1 atom stereocenters. The van der Waals surface area contributed by atoms with Crippen LogP contribution in [0.1, 0.15) is 40.0 Å². The summed E-state index contributed by atoms with van der Waals surface area (Å²) >= 11 is 1.38. The Morgan fingerprint density at radius 3 is 2.31 bits per heavy atom. The van der Waals surface area contributed by atoms with Crippen LogP contribution in [0.2, 0.25) is 0 Å². The lowest BCUT2D eigenvalue weighted by Gasteiger charge is -2.17. The molecule has 94 valence electrons. The summed E-state index contributed by atoms with van der Waals surface area (Å²) in [5, 5.41) is 11.2. The summed E-state index contributed by atoms with van der Waals surface area (Å²) < 4.78 is 0. The number of thioether (sulfide) groups is 1. The number of hydrogen-bond donors (Lipinski definition) is 2. The highest BCUT2D eigenvalue weighted by Crippen LogP contribution is 2.12. The van der Waals surface area contributed by atoms with Crippen LogP contribution in [-0.2, 0) is 9.59 Å². The smallest absolute Gasteiger partial charge is 0.304 e. The Hall–Kier alpha value is -0.710. The molecule has 0 aliphatic rings. The Kier molecular flexibility index (Phi) is 8.07. The van der Waals surface area contributed by atoms with Gasteiger partial charge in [0.1, 0.15) is 0 Å². The van der Waals surface area contributed by atoms with E-state index in [1.165, 1.54) is 11.8 Å². The van der Waals surface area contributed by atoms with Gasteiger partial charge < -0.3 is 10.4 Å². The van der Waals surface area contributed by atoms with E-state index in [-0.39, 0.29) is 23.6 Å². The van der Waals surface area contributed by atoms with Gasteiger partial charge >= 0.3 is 5.97 Å². The van der Waals surface area contributed by atoms with Gasteiger partial charge in [-0.15, -0.1) is 11.8 Å². The summed E-state index contributed by atoms with van der Waals surface area (Å²) in [5.41, 5.74) is 0. The zero-order valence-electron chi connectivity index (χ0n) is 10.2. The average molecular weight is 247 g/mol. The van der Waals surface area contributed by atoms with E-state index in [1.807, 2.05) is 20.8 Å². The van der Waals surface area contributed by atoms with E-state index in [0.717, 1.165) is 12.8 Å². The van der Waals surface area contributed by atoms with Gasteiger partial charge in [0.15, 0.2) is 0 Å². The lowest BCUT2D eigenvalue weighted by atomic mass is 10.2. The molecule has 2 N–H and O–H groups in total. The summed E-state index contributed by atoms with van der Waals surface area (Å²) in [4.78, 5) is 22.0. The summed E-state index contributed by atoms with van der Waals surface area (Å²) in [7, 11) is 0. The van der Waals surface area contributed by atoms with E-state index >= 15 is 0 Å². The van der Waals surface area contributed by atoms with Gasteiger partial charge in [-0.05, 0) is 19.8 Å². The van der Waals surface area contributed by atoms with Crippen molar-refractivity contribution < 1.29 is 14.7 Å². The van der Waals surface area contributed by atoms with Gasteiger partial charge in [-0.3, -0.25) is 9.59 Å². The minimum Gasteiger partial charge on any atom is -0.481 e. The molecule has 0 aromatic carbocycles. The van der Waals surface area contributed by atoms with Crippen LogP contribution in [0.5, 0.6) is 0 Å². The van der Waals surface area contributed by atoms with Crippen LogP contribution >= 0.6 is 11.8 Å². The zero-order valence-corrected chi connectivity index (χ0v) is 11.0. The Balaban J connectivity index is 3.84. The van der Waals surface area contributed by atoms with Crippen molar-refractivity contribution >= 4 is 23.6 Å². The molecule has 0 aromatic rings. The first-order valence-corrected chi connectivity index (χ1v) is 6.69. The number of aliphatic carboxylic acids is 1. The van der Waals surface area contributed by atoms with Gasteiger partial charge in [-0.1, -0.05) is 13.8 Å². The van der Waals surface area contributed by atoms with E-state index in [4.69, 9.17) is 5.11 Å². The number of carboxylic acids is 1. The molecule has 16 heavy (non-hydrogen) atoms. The van der Waals surface area contributed by atoms with Gasteiger partial charge in [0.05, 0.1) is 11.7 Å².